The van der Waals surface area contributed by atoms with E-state index in [1.807, 2.05) is 49.4 Å². The van der Waals surface area contributed by atoms with E-state index in [1.165, 1.54) is 6.07 Å². The normalized spacial score (nSPS) is 17.1. The molecule has 1 atom stereocenters. The van der Waals surface area contributed by atoms with Gasteiger partial charge >= 0.3 is 0 Å². The predicted molar refractivity (Wildman–Crippen MR) is 121 cm³/mol. The van der Waals surface area contributed by atoms with Gasteiger partial charge in [0.25, 0.3) is 0 Å². The fourth-order valence-electron chi connectivity index (χ4n) is 3.80. The molecule has 0 unspecified atom stereocenters. The topological polar surface area (TPSA) is 67.1 Å². The Morgan fingerprint density at radius 3 is 2.80 bits per heavy atom. The maximum Gasteiger partial charge on any atom is 0.151 e. The molecule has 4 rings (SSSR count). The number of anilines is 2. The molecule has 0 amide bonds. The molecule has 1 saturated heterocycles. The Hall–Kier alpha value is -3.25. The van der Waals surface area contributed by atoms with Gasteiger partial charge in [-0.15, -0.1) is 0 Å². The minimum atomic E-state index is -0.374. The van der Waals surface area contributed by atoms with Crippen molar-refractivity contribution in [1.29, 1.82) is 0 Å². The monoisotopic (exact) mass is 403 g/mol. The third-order valence-electron chi connectivity index (χ3n) is 5.33. The number of rotatable bonds is 5. The SMILES string of the molecule is CC=C(Nc1cnccc1N1CCC[C@H](N)C1)c1nc(-c2ccccc2)ccc1F. The number of allylic oxidation sites excluding steroid dienone is 1. The minimum Gasteiger partial charge on any atom is -0.368 e. The van der Waals surface area contributed by atoms with Crippen molar-refractivity contribution in [2.24, 2.45) is 5.73 Å². The van der Waals surface area contributed by atoms with E-state index in [2.05, 4.69) is 20.2 Å². The van der Waals surface area contributed by atoms with Gasteiger partial charge in [-0.3, -0.25) is 4.98 Å². The minimum absolute atomic E-state index is 0.155. The maximum absolute atomic E-state index is 14.7. The molecule has 2 aromatic heterocycles. The number of hydrogen-bond donors (Lipinski definition) is 2. The van der Waals surface area contributed by atoms with Crippen LogP contribution in [0.4, 0.5) is 15.8 Å². The van der Waals surface area contributed by atoms with Gasteiger partial charge in [-0.05, 0) is 38.0 Å². The molecule has 0 aliphatic carbocycles. The number of benzene rings is 1. The molecule has 5 nitrogen and oxygen atoms in total. The van der Waals surface area contributed by atoms with Crippen molar-refractivity contribution < 1.29 is 4.39 Å². The Labute approximate surface area is 176 Å². The van der Waals surface area contributed by atoms with Crippen molar-refractivity contribution >= 4 is 17.1 Å². The zero-order valence-electron chi connectivity index (χ0n) is 17.1. The van der Waals surface area contributed by atoms with Crippen molar-refractivity contribution in [3.63, 3.8) is 0 Å². The summed E-state index contributed by atoms with van der Waals surface area (Å²) in [5, 5.41) is 3.36. The van der Waals surface area contributed by atoms with Crippen LogP contribution in [0, 0.1) is 5.82 Å². The van der Waals surface area contributed by atoms with E-state index in [0.29, 0.717) is 5.70 Å². The first-order chi connectivity index (χ1) is 14.7. The highest BCUT2D eigenvalue weighted by atomic mass is 19.1. The molecule has 3 N–H and O–H groups in total. The average Bonchev–Trinajstić information content (AvgIpc) is 2.79. The summed E-state index contributed by atoms with van der Waals surface area (Å²) in [6.07, 6.45) is 7.45. The predicted octanol–water partition coefficient (Wildman–Crippen LogP) is 4.68. The molecule has 1 aliphatic rings. The average molecular weight is 404 g/mol. The standard InChI is InChI=1S/C24H26FN5/c1-2-20(24-19(25)10-11-21(29-24)17-7-4-3-5-8-17)28-22-15-27-13-12-23(22)30-14-6-9-18(26)16-30/h2-5,7-8,10-13,15,18,28H,6,9,14,16,26H2,1H3/t18-/m0/s1. The first-order valence-electron chi connectivity index (χ1n) is 10.3. The highest BCUT2D eigenvalue weighted by Gasteiger charge is 2.20. The van der Waals surface area contributed by atoms with Crippen molar-refractivity contribution in [1.82, 2.24) is 9.97 Å². The molecule has 0 saturated carbocycles. The number of piperidine rings is 1. The van der Waals surface area contributed by atoms with Gasteiger partial charge < -0.3 is 16.0 Å². The summed E-state index contributed by atoms with van der Waals surface area (Å²) in [5.41, 5.74) is 10.5. The Balaban J connectivity index is 1.65. The number of nitrogens with two attached hydrogens (primary N) is 1. The van der Waals surface area contributed by atoms with Gasteiger partial charge in [0.05, 0.1) is 29.0 Å². The van der Waals surface area contributed by atoms with Crippen LogP contribution >= 0.6 is 0 Å². The third-order valence-corrected chi connectivity index (χ3v) is 5.33. The molecule has 154 valence electrons. The van der Waals surface area contributed by atoms with Crippen molar-refractivity contribution in [2.45, 2.75) is 25.8 Å². The molecule has 0 spiro atoms. The quantitative estimate of drug-likeness (QED) is 0.647. The van der Waals surface area contributed by atoms with Crippen molar-refractivity contribution in [3.05, 3.63) is 78.5 Å². The van der Waals surface area contributed by atoms with Crippen LogP contribution < -0.4 is 16.0 Å². The molecule has 0 radical (unpaired) electrons. The largest absolute Gasteiger partial charge is 0.368 e. The smallest absolute Gasteiger partial charge is 0.151 e. The lowest BCUT2D eigenvalue weighted by atomic mass is 10.1. The first-order valence-corrected chi connectivity index (χ1v) is 10.3. The number of halogens is 1. The third kappa shape index (κ3) is 4.33. The summed E-state index contributed by atoms with van der Waals surface area (Å²) in [7, 11) is 0. The molecule has 1 aliphatic heterocycles. The van der Waals surface area contributed by atoms with E-state index in [1.54, 1.807) is 18.5 Å². The van der Waals surface area contributed by atoms with Gasteiger partial charge in [-0.1, -0.05) is 36.4 Å². The van der Waals surface area contributed by atoms with Crippen LogP contribution in [-0.2, 0) is 0 Å². The van der Waals surface area contributed by atoms with E-state index in [0.717, 1.165) is 48.6 Å². The number of nitrogens with zero attached hydrogens (tertiary/aromatic N) is 3. The van der Waals surface area contributed by atoms with Crippen LogP contribution in [0.2, 0.25) is 0 Å². The van der Waals surface area contributed by atoms with E-state index >= 15 is 0 Å². The molecule has 30 heavy (non-hydrogen) atoms. The van der Waals surface area contributed by atoms with Crippen LogP contribution in [0.5, 0.6) is 0 Å². The van der Waals surface area contributed by atoms with E-state index in [-0.39, 0.29) is 17.6 Å². The summed E-state index contributed by atoms with van der Waals surface area (Å²) in [4.78, 5) is 11.1. The first kappa shape index (κ1) is 20.0. The summed E-state index contributed by atoms with van der Waals surface area (Å²) < 4.78 is 14.7. The number of aromatic nitrogens is 2. The van der Waals surface area contributed by atoms with E-state index in [9.17, 15) is 4.39 Å². The van der Waals surface area contributed by atoms with E-state index in [4.69, 9.17) is 5.73 Å². The maximum atomic E-state index is 14.7. The lowest BCUT2D eigenvalue weighted by Crippen LogP contribution is -2.43. The van der Waals surface area contributed by atoms with Crippen molar-refractivity contribution in [2.75, 3.05) is 23.3 Å². The van der Waals surface area contributed by atoms with Gasteiger partial charge in [-0.25, -0.2) is 9.37 Å². The van der Waals surface area contributed by atoms with Gasteiger partial charge in [0.15, 0.2) is 5.82 Å². The molecule has 6 heteroatoms. The van der Waals surface area contributed by atoms with Crippen LogP contribution in [0.15, 0.2) is 67.0 Å². The summed E-state index contributed by atoms with van der Waals surface area (Å²) in [5.74, 6) is -0.374. The molecular formula is C24H26FN5. The van der Waals surface area contributed by atoms with Gasteiger partial charge in [0.1, 0.15) is 5.69 Å². The highest BCUT2D eigenvalue weighted by Crippen LogP contribution is 2.31. The summed E-state index contributed by atoms with van der Waals surface area (Å²) in [6, 6.07) is 15.1. The Bertz CT molecular complexity index is 1030. The summed E-state index contributed by atoms with van der Waals surface area (Å²) >= 11 is 0. The second-order valence-electron chi connectivity index (χ2n) is 7.46. The number of nitrogens with one attached hydrogen (secondary N) is 1. The summed E-state index contributed by atoms with van der Waals surface area (Å²) in [6.45, 7) is 3.60. The van der Waals surface area contributed by atoms with Gasteiger partial charge in [0.2, 0.25) is 0 Å². The molecule has 3 heterocycles. The fourth-order valence-corrected chi connectivity index (χ4v) is 3.80. The Morgan fingerprint density at radius 1 is 1.20 bits per heavy atom. The highest BCUT2D eigenvalue weighted by molar-refractivity contribution is 5.82. The van der Waals surface area contributed by atoms with Gasteiger partial charge in [-0.2, -0.15) is 0 Å². The van der Waals surface area contributed by atoms with Crippen LogP contribution in [0.3, 0.4) is 0 Å². The zero-order valence-corrected chi connectivity index (χ0v) is 17.1. The Kier molecular flexibility index (Phi) is 6.05. The van der Waals surface area contributed by atoms with Gasteiger partial charge in [0, 0.05) is 30.9 Å². The van der Waals surface area contributed by atoms with Crippen LogP contribution in [-0.4, -0.2) is 29.1 Å². The second-order valence-corrected chi connectivity index (χ2v) is 7.46. The molecule has 1 fully saturated rings. The number of pyridine rings is 2. The Morgan fingerprint density at radius 2 is 2.03 bits per heavy atom. The fraction of sp³-hybridized carbons (Fsp3) is 0.250. The van der Waals surface area contributed by atoms with Crippen LogP contribution in [0.25, 0.3) is 17.0 Å². The second kappa shape index (κ2) is 9.05. The zero-order chi connectivity index (χ0) is 20.9. The lowest BCUT2D eigenvalue weighted by Gasteiger charge is -2.34. The molecular weight excluding hydrogens is 377 g/mol. The number of hydrogen-bond acceptors (Lipinski definition) is 5. The van der Waals surface area contributed by atoms with E-state index < -0.39 is 0 Å². The molecule has 1 aromatic carbocycles. The molecule has 0 bridgehead atoms. The van der Waals surface area contributed by atoms with Crippen molar-refractivity contribution in [3.8, 4) is 11.3 Å². The van der Waals surface area contributed by atoms with Crippen LogP contribution in [0.1, 0.15) is 25.5 Å². The molecule has 3 aromatic rings. The lowest BCUT2D eigenvalue weighted by molar-refractivity contribution is 0.506.